The van der Waals surface area contributed by atoms with Crippen molar-refractivity contribution in [2.24, 2.45) is 20.5 Å². The van der Waals surface area contributed by atoms with Crippen LogP contribution in [0.5, 0.6) is 11.5 Å². The Bertz CT molecular complexity index is 3590. The molecule has 20 nitrogen and oxygen atoms in total. The van der Waals surface area contributed by atoms with Gasteiger partial charge in [-0.05, 0) is 158 Å². The van der Waals surface area contributed by atoms with Crippen LogP contribution >= 0.6 is 0 Å². The van der Waals surface area contributed by atoms with Gasteiger partial charge >= 0.3 is 0 Å². The van der Waals surface area contributed by atoms with Gasteiger partial charge in [0.05, 0.1) is 22.1 Å². The number of aromatic amines is 2. The Morgan fingerprint density at radius 2 is 0.882 bits per heavy atom. The van der Waals surface area contributed by atoms with Gasteiger partial charge in [0.2, 0.25) is 11.9 Å². The molecule has 0 spiro atoms. The first kappa shape index (κ1) is 44.7. The van der Waals surface area contributed by atoms with Gasteiger partial charge in [-0.2, -0.15) is 16.8 Å². The van der Waals surface area contributed by atoms with Crippen molar-refractivity contribution in [3.8, 4) is 11.5 Å². The molecule has 22 heteroatoms. The van der Waals surface area contributed by atoms with E-state index in [9.17, 15) is 45.7 Å². The van der Waals surface area contributed by atoms with Crippen molar-refractivity contribution in [2.45, 2.75) is 37.5 Å². The summed E-state index contributed by atoms with van der Waals surface area (Å²) in [7, 11) is -9.90. The number of nitrogens with zero attached hydrogens (tertiary/aromatic N) is 6. The third kappa shape index (κ3) is 8.69. The highest BCUT2D eigenvalue weighted by atomic mass is 32.2. The molecule has 0 aliphatic heterocycles. The van der Waals surface area contributed by atoms with Crippen molar-refractivity contribution in [3.63, 3.8) is 0 Å². The first-order valence-electron chi connectivity index (χ1n) is 20.2. The molecule has 0 saturated carbocycles. The zero-order valence-electron chi connectivity index (χ0n) is 36.0. The number of anilines is 2. The maximum absolute atomic E-state index is 13.3. The summed E-state index contributed by atoms with van der Waals surface area (Å²) in [6, 6.07) is 23.6. The number of phenols is 2. The fourth-order valence-corrected chi connectivity index (χ4v) is 8.74. The van der Waals surface area contributed by atoms with E-state index in [0.29, 0.717) is 22.1 Å². The molecule has 9 aromatic rings. The fourth-order valence-electron chi connectivity index (χ4n) is 7.43. The topological polar surface area (TPSA) is 314 Å². The summed E-state index contributed by atoms with van der Waals surface area (Å²) in [6.45, 7) is 7.71. The van der Waals surface area contributed by atoms with E-state index in [4.69, 9.17) is 0 Å². The quantitative estimate of drug-likeness (QED) is 0.0469. The van der Waals surface area contributed by atoms with Crippen LogP contribution in [0.25, 0.3) is 43.6 Å². The number of aromatic hydroxyl groups is 2. The molecule has 2 heterocycles. The Labute approximate surface area is 385 Å². The second kappa shape index (κ2) is 16.8. The Kier molecular flexibility index (Phi) is 11.0. The van der Waals surface area contributed by atoms with Crippen LogP contribution in [0.4, 0.5) is 34.6 Å². The van der Waals surface area contributed by atoms with E-state index in [-0.39, 0.29) is 55.9 Å². The van der Waals surface area contributed by atoms with Crippen molar-refractivity contribution in [1.82, 2.24) is 19.9 Å². The number of fused-ring (bicyclic) bond motifs is 4. The number of H-pyrrole nitrogens is 2. The highest BCUT2D eigenvalue weighted by molar-refractivity contribution is 7.86. The minimum Gasteiger partial charge on any atom is -0.505 e. The molecule has 0 radical (unpaired) electrons. The lowest BCUT2D eigenvalue weighted by molar-refractivity contribution is 0.101. The summed E-state index contributed by atoms with van der Waals surface area (Å²) >= 11 is 0. The van der Waals surface area contributed by atoms with E-state index in [1.807, 2.05) is 52.0 Å². The molecule has 7 aromatic carbocycles. The molecule has 0 atom stereocenters. The first-order chi connectivity index (χ1) is 32.2. The maximum Gasteiger partial charge on any atom is 0.296 e. The molecule has 68 heavy (non-hydrogen) atoms. The number of aromatic nitrogens is 4. The number of benzene rings is 7. The number of azo groups is 2. The molecule has 0 bridgehead atoms. The minimum atomic E-state index is -4.95. The van der Waals surface area contributed by atoms with Crippen LogP contribution in [0.15, 0.2) is 127 Å². The smallest absolute Gasteiger partial charge is 0.296 e. The molecule has 0 aliphatic carbocycles. The van der Waals surface area contributed by atoms with Gasteiger partial charge in [0.15, 0.2) is 11.5 Å². The van der Waals surface area contributed by atoms with Crippen molar-refractivity contribution in [2.75, 3.05) is 10.6 Å². The third-order valence-corrected chi connectivity index (χ3v) is 13.0. The van der Waals surface area contributed by atoms with E-state index in [1.165, 1.54) is 60.7 Å². The Hall–Kier alpha value is -8.44. The normalized spacial score (nSPS) is 12.3. The van der Waals surface area contributed by atoms with Gasteiger partial charge in [-0.3, -0.25) is 18.7 Å². The van der Waals surface area contributed by atoms with E-state index in [0.717, 1.165) is 34.4 Å². The molecule has 2 amide bonds. The van der Waals surface area contributed by atoms with Crippen LogP contribution in [0.3, 0.4) is 0 Å². The number of hydrogen-bond donors (Lipinski definition) is 8. The lowest BCUT2D eigenvalue weighted by atomic mass is 10.1. The van der Waals surface area contributed by atoms with E-state index in [1.54, 1.807) is 0 Å². The van der Waals surface area contributed by atoms with Gasteiger partial charge < -0.3 is 30.8 Å². The molecule has 0 unspecified atom stereocenters. The molecule has 342 valence electrons. The van der Waals surface area contributed by atoms with Gasteiger partial charge in [0, 0.05) is 33.3 Å². The van der Waals surface area contributed by atoms with Crippen molar-refractivity contribution in [1.29, 1.82) is 0 Å². The molecule has 0 aliphatic rings. The number of aryl methyl sites for hydroxylation is 4. The number of amides is 2. The Morgan fingerprint density at radius 3 is 1.25 bits per heavy atom. The maximum atomic E-state index is 13.3. The second-order valence-corrected chi connectivity index (χ2v) is 18.7. The molecule has 9 rings (SSSR count). The third-order valence-electron chi connectivity index (χ3n) is 11.2. The van der Waals surface area contributed by atoms with Gasteiger partial charge in [0.25, 0.3) is 32.1 Å². The molecule has 2 aromatic heterocycles. The van der Waals surface area contributed by atoms with Crippen molar-refractivity contribution in [3.05, 3.63) is 130 Å². The summed E-state index contributed by atoms with van der Waals surface area (Å²) in [5.74, 6) is -2.36. The van der Waals surface area contributed by atoms with Gasteiger partial charge in [-0.15, -0.1) is 20.5 Å². The molecular formula is C46H36N10O10S2. The summed E-state index contributed by atoms with van der Waals surface area (Å²) in [5, 5.41) is 44.0. The lowest BCUT2D eigenvalue weighted by Gasteiger charge is -2.12. The number of carbonyl (C=O) groups is 2. The second-order valence-electron chi connectivity index (χ2n) is 15.9. The highest BCUT2D eigenvalue weighted by Crippen LogP contribution is 2.44. The predicted molar refractivity (Wildman–Crippen MR) is 253 cm³/mol. The number of nitrogens with one attached hydrogen (secondary N) is 4. The van der Waals surface area contributed by atoms with Crippen molar-refractivity contribution >= 4 is 110 Å². The number of rotatable bonds is 10. The standard InChI is InChI=1S/C46H36N10O10S2/c1-21-13-33-34(14-22(21)2)50-45(49-33)55-53-39-37(67(61,62)63)19-27-17-29(9-11-31(27)41(39)57)47-43(59)25-5-7-26(8-6-25)44(60)48-30-10-12-32-28(18-30)20-38(68(64,65)66)40(42(32)58)54-56-46-51-35-15-23(3)24(4)16-36(35)52-46/h5-20,57-58H,1-4H3,(H,47,59)(H,48,60)(H,49,50)(H,51,52)(H,61,62,63)(H,64,65,66). The zero-order chi connectivity index (χ0) is 48.4. The van der Waals surface area contributed by atoms with Crippen molar-refractivity contribution < 1.29 is 45.7 Å². The predicted octanol–water partition coefficient (Wildman–Crippen LogP) is 10.2. The van der Waals surface area contributed by atoms with Crippen LogP contribution in [0.1, 0.15) is 43.0 Å². The van der Waals surface area contributed by atoms with Gasteiger partial charge in [-0.1, -0.05) is 0 Å². The zero-order valence-corrected chi connectivity index (χ0v) is 37.6. The number of carbonyl (C=O) groups excluding carboxylic acids is 2. The largest absolute Gasteiger partial charge is 0.505 e. The monoisotopic (exact) mass is 952 g/mol. The van der Waals surface area contributed by atoms with Gasteiger partial charge in [-0.25, -0.2) is 9.97 Å². The van der Waals surface area contributed by atoms with Crippen LogP contribution in [-0.4, -0.2) is 67.9 Å². The fraction of sp³-hybridized carbons (Fsp3) is 0.0870. The Balaban J connectivity index is 0.907. The van der Waals surface area contributed by atoms with E-state index < -0.39 is 64.7 Å². The minimum absolute atomic E-state index is 0.0320. The van der Waals surface area contributed by atoms with Crippen LogP contribution in [-0.2, 0) is 20.2 Å². The van der Waals surface area contributed by atoms with E-state index >= 15 is 0 Å². The summed E-state index contributed by atoms with van der Waals surface area (Å²) < 4.78 is 70.2. The first-order valence-corrected chi connectivity index (χ1v) is 23.1. The molecule has 0 saturated heterocycles. The highest BCUT2D eigenvalue weighted by Gasteiger charge is 2.25. The van der Waals surface area contributed by atoms with Crippen LogP contribution in [0, 0.1) is 27.7 Å². The number of hydrogen-bond acceptors (Lipinski definition) is 14. The molecule has 8 N–H and O–H groups in total. The van der Waals surface area contributed by atoms with Crippen LogP contribution < -0.4 is 10.6 Å². The summed E-state index contributed by atoms with van der Waals surface area (Å²) in [6.07, 6.45) is 0. The van der Waals surface area contributed by atoms with Crippen LogP contribution in [0.2, 0.25) is 0 Å². The molecular weight excluding hydrogens is 917 g/mol. The number of phenolic OH excluding ortho intramolecular Hbond substituents is 2. The summed E-state index contributed by atoms with van der Waals surface area (Å²) in [5.41, 5.74) is 6.14. The molecule has 0 fully saturated rings. The average Bonchev–Trinajstić information content (AvgIpc) is 3.87. The van der Waals surface area contributed by atoms with Gasteiger partial charge in [0.1, 0.15) is 21.2 Å². The average molecular weight is 953 g/mol. The Morgan fingerprint density at radius 1 is 0.515 bits per heavy atom. The number of imidazole rings is 2. The summed E-state index contributed by atoms with van der Waals surface area (Å²) in [4.78, 5) is 39.8. The lowest BCUT2D eigenvalue weighted by Crippen LogP contribution is -2.14. The SMILES string of the molecule is Cc1cc2nc(N=Nc3c(S(=O)(=O)O)cc4cc(NC(=O)c5ccc(C(=O)Nc6ccc7c(O)c(N=Nc8nc9cc(C)c(C)cc9[nH]8)c(S(=O)(=O)O)cc7c6)cc5)ccc4c3O)[nH]c2cc1C. The van der Waals surface area contributed by atoms with E-state index in [2.05, 4.69) is 51.0 Å².